The van der Waals surface area contributed by atoms with E-state index in [1.165, 1.54) is 23.5 Å². The number of piperazine rings is 1. The molecule has 0 spiro atoms. The summed E-state index contributed by atoms with van der Waals surface area (Å²) < 4.78 is 41.0. The molecule has 0 aromatic heterocycles. The first-order valence-corrected chi connectivity index (χ1v) is 8.05. The molecule has 1 saturated heterocycles. The molecule has 1 aliphatic heterocycles. The molecule has 0 atom stereocenters. The van der Waals surface area contributed by atoms with Gasteiger partial charge in [0.1, 0.15) is 5.82 Å². The van der Waals surface area contributed by atoms with Crippen LogP contribution in [0.3, 0.4) is 0 Å². The van der Waals surface area contributed by atoms with Crippen molar-refractivity contribution in [3.05, 3.63) is 34.6 Å². The van der Waals surface area contributed by atoms with Crippen molar-refractivity contribution < 1.29 is 12.8 Å². The van der Waals surface area contributed by atoms with Crippen LogP contribution in [0.2, 0.25) is 5.02 Å². The number of halogens is 2. The number of rotatable bonds is 4. The van der Waals surface area contributed by atoms with Crippen molar-refractivity contribution in [3.8, 4) is 0 Å². The standard InChI is InChI=1S/C12H17ClFN3O2S/c1-16(9-10-11(13)3-2-4-12(10)14)20(18,19)17-7-5-15-6-8-17/h2-4,15H,5-9H2,1H3. The SMILES string of the molecule is CN(Cc1c(F)cccc1Cl)S(=O)(=O)N1CCNCC1. The Morgan fingerprint density at radius 3 is 2.65 bits per heavy atom. The lowest BCUT2D eigenvalue weighted by Crippen LogP contribution is -2.50. The van der Waals surface area contributed by atoms with Crippen molar-refractivity contribution in [1.82, 2.24) is 13.9 Å². The average molecular weight is 322 g/mol. The Kier molecular flexibility index (Phi) is 4.98. The molecule has 0 bridgehead atoms. The third-order valence-electron chi connectivity index (χ3n) is 3.24. The summed E-state index contributed by atoms with van der Waals surface area (Å²) in [6, 6.07) is 4.31. The van der Waals surface area contributed by atoms with Crippen LogP contribution < -0.4 is 5.32 Å². The number of benzene rings is 1. The first kappa shape index (κ1) is 15.7. The second-order valence-electron chi connectivity index (χ2n) is 4.61. The van der Waals surface area contributed by atoms with Gasteiger partial charge in [-0.25, -0.2) is 4.39 Å². The summed E-state index contributed by atoms with van der Waals surface area (Å²) in [5, 5.41) is 3.32. The maximum absolute atomic E-state index is 13.7. The molecule has 0 radical (unpaired) electrons. The summed E-state index contributed by atoms with van der Waals surface area (Å²) in [5.74, 6) is -0.500. The zero-order valence-electron chi connectivity index (χ0n) is 11.1. The molecule has 1 fully saturated rings. The van der Waals surface area contributed by atoms with Crippen LogP contribution in [0.25, 0.3) is 0 Å². The topological polar surface area (TPSA) is 52.7 Å². The molecule has 0 aliphatic carbocycles. The highest BCUT2D eigenvalue weighted by Gasteiger charge is 2.28. The Hall–Kier alpha value is -0.730. The van der Waals surface area contributed by atoms with Gasteiger partial charge in [0, 0.05) is 50.4 Å². The van der Waals surface area contributed by atoms with Gasteiger partial charge in [0.2, 0.25) is 0 Å². The summed E-state index contributed by atoms with van der Waals surface area (Å²) in [6.07, 6.45) is 0. The van der Waals surface area contributed by atoms with Crippen molar-refractivity contribution in [2.45, 2.75) is 6.54 Å². The van der Waals surface area contributed by atoms with E-state index >= 15 is 0 Å². The van der Waals surface area contributed by atoms with Gasteiger partial charge in [0.05, 0.1) is 0 Å². The third kappa shape index (κ3) is 3.29. The van der Waals surface area contributed by atoms with E-state index in [1.807, 2.05) is 0 Å². The maximum Gasteiger partial charge on any atom is 0.282 e. The molecule has 1 aliphatic rings. The van der Waals surface area contributed by atoms with E-state index in [1.54, 1.807) is 6.07 Å². The quantitative estimate of drug-likeness (QED) is 0.902. The highest BCUT2D eigenvalue weighted by molar-refractivity contribution is 7.86. The molecule has 2 rings (SSSR count). The average Bonchev–Trinajstić information content (AvgIpc) is 2.43. The highest BCUT2D eigenvalue weighted by atomic mass is 35.5. The fourth-order valence-electron chi connectivity index (χ4n) is 2.06. The minimum Gasteiger partial charge on any atom is -0.314 e. The van der Waals surface area contributed by atoms with Gasteiger partial charge in [-0.3, -0.25) is 0 Å². The summed E-state index contributed by atoms with van der Waals surface area (Å²) >= 11 is 5.92. The Balaban J connectivity index is 2.16. The fourth-order valence-corrected chi connectivity index (χ4v) is 3.61. The number of nitrogens with one attached hydrogen (secondary N) is 1. The van der Waals surface area contributed by atoms with Crippen LogP contribution in [0.4, 0.5) is 4.39 Å². The third-order valence-corrected chi connectivity index (χ3v) is 5.53. The molecular weight excluding hydrogens is 305 g/mol. The summed E-state index contributed by atoms with van der Waals surface area (Å²) in [5.41, 5.74) is 0.190. The summed E-state index contributed by atoms with van der Waals surface area (Å²) in [6.45, 7) is 1.98. The van der Waals surface area contributed by atoms with Crippen LogP contribution in [0, 0.1) is 5.82 Å². The molecule has 5 nitrogen and oxygen atoms in total. The first-order chi connectivity index (χ1) is 9.43. The van der Waals surface area contributed by atoms with Gasteiger partial charge in [0.15, 0.2) is 0 Å². The minimum absolute atomic E-state index is 0.0855. The summed E-state index contributed by atoms with van der Waals surface area (Å²) in [7, 11) is -2.16. The van der Waals surface area contributed by atoms with Crippen LogP contribution in [0.15, 0.2) is 18.2 Å². The lowest BCUT2D eigenvalue weighted by molar-refractivity contribution is 0.323. The normalized spacial score (nSPS) is 17.6. The van der Waals surface area contributed by atoms with E-state index in [9.17, 15) is 12.8 Å². The van der Waals surface area contributed by atoms with E-state index in [4.69, 9.17) is 11.6 Å². The van der Waals surface area contributed by atoms with Crippen molar-refractivity contribution in [1.29, 1.82) is 0 Å². The number of nitrogens with zero attached hydrogens (tertiary/aromatic N) is 2. The second kappa shape index (κ2) is 6.36. The lowest BCUT2D eigenvalue weighted by Gasteiger charge is -2.30. The van der Waals surface area contributed by atoms with Crippen molar-refractivity contribution >= 4 is 21.8 Å². The smallest absolute Gasteiger partial charge is 0.282 e. The van der Waals surface area contributed by atoms with E-state index < -0.39 is 16.0 Å². The molecule has 112 valence electrons. The second-order valence-corrected chi connectivity index (χ2v) is 7.06. The van der Waals surface area contributed by atoms with Crippen molar-refractivity contribution in [3.63, 3.8) is 0 Å². The van der Waals surface area contributed by atoms with Crippen LogP contribution >= 0.6 is 11.6 Å². The Morgan fingerprint density at radius 2 is 2.05 bits per heavy atom. The van der Waals surface area contributed by atoms with Gasteiger partial charge in [-0.05, 0) is 12.1 Å². The van der Waals surface area contributed by atoms with Gasteiger partial charge < -0.3 is 5.32 Å². The molecule has 0 saturated carbocycles. The largest absolute Gasteiger partial charge is 0.314 e. The summed E-state index contributed by atoms with van der Waals surface area (Å²) in [4.78, 5) is 0. The fraction of sp³-hybridized carbons (Fsp3) is 0.500. The predicted molar refractivity (Wildman–Crippen MR) is 76.2 cm³/mol. The molecule has 1 aromatic carbocycles. The highest BCUT2D eigenvalue weighted by Crippen LogP contribution is 2.22. The monoisotopic (exact) mass is 321 g/mol. The van der Waals surface area contributed by atoms with E-state index in [-0.39, 0.29) is 17.1 Å². The van der Waals surface area contributed by atoms with Gasteiger partial charge in [0.25, 0.3) is 10.2 Å². The zero-order valence-corrected chi connectivity index (χ0v) is 12.7. The molecule has 1 aromatic rings. The van der Waals surface area contributed by atoms with Crippen LogP contribution in [-0.4, -0.2) is 50.3 Å². The van der Waals surface area contributed by atoms with Gasteiger partial charge in [-0.2, -0.15) is 17.0 Å². The van der Waals surface area contributed by atoms with Crippen LogP contribution in [0.1, 0.15) is 5.56 Å². The van der Waals surface area contributed by atoms with E-state index in [0.717, 1.165) is 4.31 Å². The van der Waals surface area contributed by atoms with E-state index in [0.29, 0.717) is 26.2 Å². The predicted octanol–water partition coefficient (Wildman–Crippen LogP) is 1.06. The molecular formula is C12H17ClFN3O2S. The van der Waals surface area contributed by atoms with E-state index in [2.05, 4.69) is 5.32 Å². The molecule has 1 N–H and O–H groups in total. The Labute approximate surface area is 123 Å². The number of hydrogen-bond donors (Lipinski definition) is 1. The Bertz CT molecular complexity index is 556. The zero-order chi connectivity index (χ0) is 14.8. The van der Waals surface area contributed by atoms with Crippen LogP contribution in [-0.2, 0) is 16.8 Å². The molecule has 20 heavy (non-hydrogen) atoms. The van der Waals surface area contributed by atoms with Crippen molar-refractivity contribution in [2.75, 3.05) is 33.2 Å². The van der Waals surface area contributed by atoms with Gasteiger partial charge in [-0.15, -0.1) is 0 Å². The Morgan fingerprint density at radius 1 is 1.40 bits per heavy atom. The van der Waals surface area contributed by atoms with Gasteiger partial charge >= 0.3 is 0 Å². The van der Waals surface area contributed by atoms with Gasteiger partial charge in [-0.1, -0.05) is 17.7 Å². The maximum atomic E-state index is 13.7. The molecule has 0 unspecified atom stereocenters. The van der Waals surface area contributed by atoms with Crippen LogP contribution in [0.5, 0.6) is 0 Å². The molecule has 0 amide bonds. The number of hydrogen-bond acceptors (Lipinski definition) is 3. The first-order valence-electron chi connectivity index (χ1n) is 6.28. The molecule has 8 heteroatoms. The minimum atomic E-state index is -3.59. The lowest BCUT2D eigenvalue weighted by atomic mass is 10.2. The van der Waals surface area contributed by atoms with Crippen molar-refractivity contribution in [2.24, 2.45) is 0 Å². The molecule has 1 heterocycles.